The fraction of sp³-hybridized carbons (Fsp3) is 0.179. The molecule has 10 rings (SSSR count). The largest absolute Gasteiger partial charge is 0.135 e. The number of hydrogen-bond acceptors (Lipinski definition) is 8. The van der Waals surface area contributed by atoms with Crippen LogP contribution in [0.5, 0.6) is 0 Å². The molecule has 0 N–H and O–H groups in total. The third-order valence-corrected chi connectivity index (χ3v) is 16.9. The third-order valence-electron chi connectivity index (χ3n) is 10.3. The Morgan fingerprint density at radius 1 is 0.574 bits per heavy atom. The van der Waals surface area contributed by atoms with Crippen molar-refractivity contribution in [3.05, 3.63) is 115 Å². The molecule has 4 heterocycles. The monoisotopic (exact) mass is 748 g/mol. The maximum absolute atomic E-state index is 5.99. The Balaban J connectivity index is 1.08. The lowest BCUT2D eigenvalue weighted by molar-refractivity contribution is 0.358. The molecule has 47 heavy (non-hydrogen) atoms. The summed E-state index contributed by atoms with van der Waals surface area (Å²) in [6, 6.07) is 21.5. The normalized spacial score (nSPS) is 18.9. The Bertz CT molecular complexity index is 2460. The zero-order valence-electron chi connectivity index (χ0n) is 24.9. The number of fused-ring (bicyclic) bond motifs is 11. The SMILES string of the molecule is S=C1Cc2ccccc2C(=S)/C1=C\c1cc2sc3c(c2s1)C1(CCCCC1)c1c-3sc2cc(C=C3C(=S)c4ccccc4C3=S)sc12. The zero-order chi connectivity index (χ0) is 31.6. The van der Waals surface area contributed by atoms with Crippen molar-refractivity contribution in [2.75, 3.05) is 0 Å². The van der Waals surface area contributed by atoms with Crippen molar-refractivity contribution in [2.45, 2.75) is 43.9 Å². The van der Waals surface area contributed by atoms with Gasteiger partial charge in [0.2, 0.25) is 0 Å². The first-order valence-corrected chi connectivity index (χ1v) is 20.7. The summed E-state index contributed by atoms with van der Waals surface area (Å²) >= 11 is 31.6. The lowest BCUT2D eigenvalue weighted by atomic mass is 9.68. The molecule has 0 atom stereocenters. The molecule has 2 aromatic carbocycles. The van der Waals surface area contributed by atoms with Gasteiger partial charge in [-0.25, -0.2) is 0 Å². The van der Waals surface area contributed by atoms with Gasteiger partial charge in [-0.05, 0) is 48.3 Å². The minimum Gasteiger partial charge on any atom is -0.135 e. The maximum atomic E-state index is 5.99. The van der Waals surface area contributed by atoms with Crippen LogP contribution in [0.4, 0.5) is 0 Å². The molecule has 1 saturated carbocycles. The first-order chi connectivity index (χ1) is 22.9. The van der Waals surface area contributed by atoms with E-state index in [0.29, 0.717) is 0 Å². The Kier molecular flexibility index (Phi) is 6.78. The summed E-state index contributed by atoms with van der Waals surface area (Å²) < 4.78 is 5.75. The fourth-order valence-corrected chi connectivity index (χ4v) is 15.4. The van der Waals surface area contributed by atoms with E-state index in [-0.39, 0.29) is 5.41 Å². The van der Waals surface area contributed by atoms with Crippen molar-refractivity contribution < 1.29 is 0 Å². The molecule has 0 nitrogen and oxygen atoms in total. The summed E-state index contributed by atoms with van der Waals surface area (Å²) in [5.74, 6) is 0. The second-order valence-electron chi connectivity index (χ2n) is 12.8. The molecular weight excluding hydrogens is 725 g/mol. The number of rotatable bonds is 2. The lowest BCUT2D eigenvalue weighted by Gasteiger charge is -2.35. The Labute approximate surface area is 310 Å². The van der Waals surface area contributed by atoms with Gasteiger partial charge >= 0.3 is 0 Å². The summed E-state index contributed by atoms with van der Waals surface area (Å²) in [5.41, 5.74) is 9.97. The van der Waals surface area contributed by atoms with Crippen molar-refractivity contribution in [3.8, 4) is 9.75 Å². The minimum atomic E-state index is 0.0898. The Morgan fingerprint density at radius 3 is 1.68 bits per heavy atom. The van der Waals surface area contributed by atoms with Gasteiger partial charge in [0.05, 0.1) is 33.7 Å². The minimum absolute atomic E-state index is 0.0898. The van der Waals surface area contributed by atoms with Crippen LogP contribution in [0.25, 0.3) is 40.7 Å². The molecule has 0 aliphatic heterocycles. The van der Waals surface area contributed by atoms with Gasteiger partial charge in [-0.3, -0.25) is 0 Å². The van der Waals surface area contributed by atoms with Crippen LogP contribution < -0.4 is 0 Å². The van der Waals surface area contributed by atoms with E-state index < -0.39 is 0 Å². The maximum Gasteiger partial charge on any atom is 0.0543 e. The van der Waals surface area contributed by atoms with Crippen LogP contribution in [0.3, 0.4) is 0 Å². The molecule has 1 spiro atoms. The lowest BCUT2D eigenvalue weighted by Crippen LogP contribution is -2.27. The highest BCUT2D eigenvalue weighted by molar-refractivity contribution is 7.84. The molecule has 1 fully saturated rings. The second kappa shape index (κ2) is 10.8. The highest BCUT2D eigenvalue weighted by atomic mass is 32.1. The number of thiocarbonyl (C=S) groups is 4. The molecule has 4 aliphatic rings. The molecule has 8 heteroatoms. The van der Waals surface area contributed by atoms with Crippen LogP contribution in [0.15, 0.2) is 71.8 Å². The van der Waals surface area contributed by atoms with Crippen molar-refractivity contribution >= 4 is 145 Å². The summed E-state index contributed by atoms with van der Waals surface area (Å²) in [4.78, 5) is 9.14. The van der Waals surface area contributed by atoms with Crippen molar-refractivity contribution in [2.24, 2.45) is 0 Å². The molecule has 4 aliphatic carbocycles. The van der Waals surface area contributed by atoms with E-state index >= 15 is 0 Å². The summed E-state index contributed by atoms with van der Waals surface area (Å²) in [6.45, 7) is 0. The molecule has 6 aromatic rings. The Hall–Kier alpha value is -2.40. The van der Waals surface area contributed by atoms with E-state index in [2.05, 4.69) is 60.7 Å². The molecular formula is C39H24S8. The van der Waals surface area contributed by atoms with Gasteiger partial charge in [0.1, 0.15) is 0 Å². The van der Waals surface area contributed by atoms with Crippen molar-refractivity contribution in [1.82, 2.24) is 0 Å². The van der Waals surface area contributed by atoms with Gasteiger partial charge in [0.15, 0.2) is 0 Å². The number of thiophene rings is 4. The third kappa shape index (κ3) is 4.23. The molecule has 0 radical (unpaired) electrons. The number of allylic oxidation sites excluding steroid dienone is 2. The van der Waals surface area contributed by atoms with Crippen LogP contribution in [-0.4, -0.2) is 19.5 Å². The van der Waals surface area contributed by atoms with Crippen LogP contribution in [0.2, 0.25) is 0 Å². The van der Waals surface area contributed by atoms with Crippen molar-refractivity contribution in [3.63, 3.8) is 0 Å². The highest BCUT2D eigenvalue weighted by Crippen LogP contribution is 2.66. The molecule has 0 saturated heterocycles. The van der Waals surface area contributed by atoms with Gasteiger partial charge in [-0.1, -0.05) is 117 Å². The standard InChI is InChI=1S/C39H24S8/c40-27-14-19-8-2-3-9-22(19)32(41)25(27)15-20-17-28-35(44-20)30-37(46-28)38-31(39(30)12-6-1-7-13-39)36-29(47-38)18-21(45-36)16-26-33(42)23-10-4-5-11-24(23)34(26)43/h2-5,8-11,15-18H,1,6-7,12-14H2/b25-15-. The molecule has 228 valence electrons. The van der Waals surface area contributed by atoms with Gasteiger partial charge in [-0.2, -0.15) is 0 Å². The van der Waals surface area contributed by atoms with Crippen molar-refractivity contribution in [1.29, 1.82) is 0 Å². The van der Waals surface area contributed by atoms with Gasteiger partial charge in [-0.15, -0.1) is 45.3 Å². The van der Waals surface area contributed by atoms with Crippen LogP contribution in [0, 0.1) is 0 Å². The van der Waals surface area contributed by atoms with E-state index in [9.17, 15) is 0 Å². The van der Waals surface area contributed by atoms with Gasteiger partial charge in [0, 0.05) is 69.3 Å². The summed E-state index contributed by atoms with van der Waals surface area (Å²) in [6.07, 6.45) is 11.6. The predicted octanol–water partition coefficient (Wildman–Crippen LogP) is 12.7. The molecule has 0 bridgehead atoms. The van der Waals surface area contributed by atoms with E-state index in [1.54, 1.807) is 11.1 Å². The quantitative estimate of drug-likeness (QED) is 0.128. The van der Waals surface area contributed by atoms with E-state index in [1.807, 2.05) is 57.5 Å². The topological polar surface area (TPSA) is 0 Å². The van der Waals surface area contributed by atoms with Crippen LogP contribution in [0.1, 0.15) is 75.2 Å². The summed E-state index contributed by atoms with van der Waals surface area (Å²) in [5, 5.41) is 0. The first kappa shape index (κ1) is 29.5. The predicted molar refractivity (Wildman–Crippen MR) is 223 cm³/mol. The first-order valence-electron chi connectivity index (χ1n) is 15.8. The molecule has 0 unspecified atom stereocenters. The zero-order valence-corrected chi connectivity index (χ0v) is 31.5. The fourth-order valence-electron chi connectivity index (χ4n) is 8.19. The van der Waals surface area contributed by atoms with Gasteiger partial charge < -0.3 is 0 Å². The van der Waals surface area contributed by atoms with Gasteiger partial charge in [0.25, 0.3) is 0 Å². The number of hydrogen-bond donors (Lipinski definition) is 0. The van der Waals surface area contributed by atoms with Crippen LogP contribution in [-0.2, 0) is 11.8 Å². The Morgan fingerprint density at radius 2 is 1.09 bits per heavy atom. The average Bonchev–Trinajstić information content (AvgIpc) is 3.89. The van der Waals surface area contributed by atoms with Crippen LogP contribution >= 0.6 is 94.2 Å². The highest BCUT2D eigenvalue weighted by Gasteiger charge is 2.49. The average molecular weight is 749 g/mol. The number of benzene rings is 2. The van der Waals surface area contributed by atoms with E-state index in [0.717, 1.165) is 53.7 Å². The van der Waals surface area contributed by atoms with E-state index in [1.165, 1.54) is 76.0 Å². The molecule has 4 aromatic heterocycles. The molecule has 0 amide bonds. The second-order valence-corrected chi connectivity index (χ2v) is 18.8. The summed E-state index contributed by atoms with van der Waals surface area (Å²) in [7, 11) is 0. The smallest absolute Gasteiger partial charge is 0.0543 e. The van der Waals surface area contributed by atoms with E-state index in [4.69, 9.17) is 48.9 Å².